The monoisotopic (exact) mass is 642 g/mol. The summed E-state index contributed by atoms with van der Waals surface area (Å²) < 4.78 is 35.2. The molecule has 0 radical (unpaired) electrons. The van der Waals surface area contributed by atoms with E-state index in [9.17, 15) is 13.2 Å². The number of carbonyl (C=O) groups excluding carboxylic acids is 1. The maximum Gasteiger partial charge on any atom is 0.280 e. The van der Waals surface area contributed by atoms with Crippen molar-refractivity contribution in [1.29, 1.82) is 0 Å². The largest absolute Gasteiger partial charge is 0.494 e. The summed E-state index contributed by atoms with van der Waals surface area (Å²) in [6, 6.07) is 19.1. The summed E-state index contributed by atoms with van der Waals surface area (Å²) in [7, 11) is -3.66. The summed E-state index contributed by atoms with van der Waals surface area (Å²) in [5.41, 5.74) is 1.81. The molecule has 0 atom stereocenters. The Labute approximate surface area is 247 Å². The molecule has 0 aliphatic carbocycles. The van der Waals surface area contributed by atoms with E-state index in [0.717, 1.165) is 38.8 Å². The Morgan fingerprint density at radius 1 is 1.00 bits per heavy atom. The van der Waals surface area contributed by atoms with E-state index in [4.69, 9.17) is 4.74 Å². The van der Waals surface area contributed by atoms with Crippen LogP contribution < -0.4 is 9.75 Å². The van der Waals surface area contributed by atoms with Gasteiger partial charge in [0.05, 0.1) is 27.9 Å². The first-order valence-electron chi connectivity index (χ1n) is 13.0. The van der Waals surface area contributed by atoms with Crippen molar-refractivity contribution in [2.75, 3.05) is 24.7 Å². The predicted octanol–water partition coefficient (Wildman–Crippen LogP) is 6.95. The van der Waals surface area contributed by atoms with Gasteiger partial charge in [-0.05, 0) is 92.1 Å². The Morgan fingerprint density at radius 3 is 2.30 bits per heavy atom. The minimum absolute atomic E-state index is 0.153. The lowest BCUT2D eigenvalue weighted by Gasteiger charge is -2.21. The number of hydrogen-bond acceptors (Lipinski definition) is 7. The standard InChI is InChI=1S/C29H31BrN4O4S2/c1-4-17-33(18-5-2)40(36,37)25-14-9-22(10-15-25)28(35)34(29-32-26-16-11-23(30)19-27(26)39-29)31-20-21-7-12-24(13-8-21)38-6-3/h7-16,19-20H,4-6,17-18H2,1-3H3/b31-20+. The Bertz CT molecular complexity index is 1580. The zero-order chi connectivity index (χ0) is 28.7. The Hall–Kier alpha value is -3.12. The maximum atomic E-state index is 13.7. The number of ether oxygens (including phenoxy) is 1. The molecule has 3 aromatic carbocycles. The van der Waals surface area contributed by atoms with Crippen LogP contribution >= 0.6 is 27.3 Å². The van der Waals surface area contributed by atoms with Crippen molar-refractivity contribution in [3.63, 3.8) is 0 Å². The third kappa shape index (κ3) is 6.95. The van der Waals surface area contributed by atoms with E-state index in [0.29, 0.717) is 30.4 Å². The van der Waals surface area contributed by atoms with E-state index >= 15 is 0 Å². The molecule has 0 spiro atoms. The second-order valence-electron chi connectivity index (χ2n) is 8.90. The van der Waals surface area contributed by atoms with E-state index < -0.39 is 15.9 Å². The van der Waals surface area contributed by atoms with Crippen LogP contribution in [0.3, 0.4) is 0 Å². The summed E-state index contributed by atoms with van der Waals surface area (Å²) in [6.45, 7) is 7.27. The average Bonchev–Trinajstić information content (AvgIpc) is 3.37. The van der Waals surface area contributed by atoms with Crippen molar-refractivity contribution in [3.05, 3.63) is 82.3 Å². The van der Waals surface area contributed by atoms with Gasteiger partial charge in [0.1, 0.15) is 5.75 Å². The number of fused-ring (bicyclic) bond motifs is 1. The minimum atomic E-state index is -3.66. The summed E-state index contributed by atoms with van der Waals surface area (Å²) in [5.74, 6) is 0.319. The summed E-state index contributed by atoms with van der Waals surface area (Å²) >= 11 is 4.82. The lowest BCUT2D eigenvalue weighted by atomic mass is 10.2. The van der Waals surface area contributed by atoms with Crippen LogP contribution in [0.25, 0.3) is 10.2 Å². The minimum Gasteiger partial charge on any atom is -0.494 e. The maximum absolute atomic E-state index is 13.7. The molecule has 8 nitrogen and oxygen atoms in total. The van der Waals surface area contributed by atoms with Gasteiger partial charge in [-0.15, -0.1) is 0 Å². The highest BCUT2D eigenvalue weighted by atomic mass is 79.9. The SMILES string of the molecule is CCCN(CCC)S(=O)(=O)c1ccc(C(=O)N(/N=C/c2ccc(OCC)cc2)c2nc3ccc(Br)cc3s2)cc1. The molecule has 210 valence electrons. The van der Waals surface area contributed by atoms with Gasteiger partial charge in [-0.1, -0.05) is 41.1 Å². The summed E-state index contributed by atoms with van der Waals surface area (Å²) in [4.78, 5) is 18.5. The lowest BCUT2D eigenvalue weighted by molar-refractivity contribution is 0.0987. The molecule has 0 unspecified atom stereocenters. The third-order valence-corrected chi connectivity index (χ3v) is 9.31. The molecular formula is C29H31BrN4O4S2. The van der Waals surface area contributed by atoms with Crippen molar-refractivity contribution in [3.8, 4) is 5.75 Å². The lowest BCUT2D eigenvalue weighted by Crippen LogP contribution is -2.32. The number of aromatic nitrogens is 1. The van der Waals surface area contributed by atoms with E-state index in [1.165, 1.54) is 44.9 Å². The molecular weight excluding hydrogens is 612 g/mol. The number of anilines is 1. The molecule has 0 N–H and O–H groups in total. The van der Waals surface area contributed by atoms with E-state index in [-0.39, 0.29) is 4.90 Å². The fraction of sp³-hybridized carbons (Fsp3) is 0.276. The van der Waals surface area contributed by atoms with Gasteiger partial charge in [-0.25, -0.2) is 13.4 Å². The van der Waals surface area contributed by atoms with Crippen molar-refractivity contribution in [2.45, 2.75) is 38.5 Å². The Kier molecular flexibility index (Phi) is 10.1. The number of hydrogen-bond donors (Lipinski definition) is 0. The van der Waals surface area contributed by atoms with Gasteiger partial charge in [-0.3, -0.25) is 4.79 Å². The quantitative estimate of drug-likeness (QED) is 0.123. The number of benzene rings is 3. The zero-order valence-corrected chi connectivity index (χ0v) is 25.8. The summed E-state index contributed by atoms with van der Waals surface area (Å²) in [5, 5.41) is 6.16. The number of halogens is 1. The number of nitrogens with zero attached hydrogens (tertiary/aromatic N) is 4. The first-order valence-corrected chi connectivity index (χ1v) is 16.1. The van der Waals surface area contributed by atoms with Crippen LogP contribution in [0.1, 0.15) is 49.5 Å². The van der Waals surface area contributed by atoms with Crippen molar-refractivity contribution in [1.82, 2.24) is 9.29 Å². The molecule has 0 aliphatic heterocycles. The summed E-state index contributed by atoms with van der Waals surface area (Å²) in [6.07, 6.45) is 3.02. The van der Waals surface area contributed by atoms with E-state index in [1.807, 2.05) is 63.2 Å². The van der Waals surface area contributed by atoms with Crippen LogP contribution in [0.2, 0.25) is 0 Å². The zero-order valence-electron chi connectivity index (χ0n) is 22.6. The third-order valence-electron chi connectivity index (χ3n) is 5.91. The van der Waals surface area contributed by atoms with Gasteiger partial charge in [0.15, 0.2) is 0 Å². The van der Waals surface area contributed by atoms with E-state index in [2.05, 4.69) is 26.0 Å². The van der Waals surface area contributed by atoms with Gasteiger partial charge < -0.3 is 4.74 Å². The Balaban J connectivity index is 1.67. The molecule has 4 rings (SSSR count). The molecule has 1 amide bonds. The number of amides is 1. The van der Waals surface area contributed by atoms with Crippen molar-refractivity contribution in [2.24, 2.45) is 5.10 Å². The molecule has 0 bridgehead atoms. The molecule has 40 heavy (non-hydrogen) atoms. The fourth-order valence-corrected chi connectivity index (χ4v) is 7.10. The van der Waals surface area contributed by atoms with Crippen LogP contribution in [-0.2, 0) is 10.0 Å². The van der Waals surface area contributed by atoms with Crippen LogP contribution in [0.5, 0.6) is 5.75 Å². The first kappa shape index (κ1) is 29.9. The highest BCUT2D eigenvalue weighted by molar-refractivity contribution is 9.10. The number of thiazole rings is 1. The number of sulfonamides is 1. The first-order chi connectivity index (χ1) is 19.3. The van der Waals surface area contributed by atoms with Crippen LogP contribution in [0.15, 0.2) is 81.2 Å². The second kappa shape index (κ2) is 13.5. The number of hydrazone groups is 1. The fourth-order valence-electron chi connectivity index (χ4n) is 4.00. The van der Waals surface area contributed by atoms with Gasteiger partial charge in [-0.2, -0.15) is 14.4 Å². The number of rotatable bonds is 12. The van der Waals surface area contributed by atoms with Crippen molar-refractivity contribution < 1.29 is 17.9 Å². The Morgan fingerprint density at radius 2 is 1.68 bits per heavy atom. The average molecular weight is 644 g/mol. The topological polar surface area (TPSA) is 92.2 Å². The molecule has 1 heterocycles. The van der Waals surface area contributed by atoms with Gasteiger partial charge in [0, 0.05) is 23.1 Å². The molecule has 4 aromatic rings. The van der Waals surface area contributed by atoms with Crippen LogP contribution in [-0.4, -0.2) is 49.5 Å². The highest BCUT2D eigenvalue weighted by Crippen LogP contribution is 2.32. The number of carbonyl (C=O) groups is 1. The molecule has 0 saturated carbocycles. The smallest absolute Gasteiger partial charge is 0.280 e. The normalized spacial score (nSPS) is 11.9. The molecule has 0 fully saturated rings. The molecule has 0 aliphatic rings. The molecule has 1 aromatic heterocycles. The highest BCUT2D eigenvalue weighted by Gasteiger charge is 2.25. The predicted molar refractivity (Wildman–Crippen MR) is 165 cm³/mol. The molecule has 11 heteroatoms. The second-order valence-corrected chi connectivity index (χ2v) is 12.8. The van der Waals surface area contributed by atoms with Gasteiger partial charge in [0.2, 0.25) is 15.2 Å². The van der Waals surface area contributed by atoms with Crippen LogP contribution in [0.4, 0.5) is 5.13 Å². The van der Waals surface area contributed by atoms with E-state index in [1.54, 1.807) is 6.21 Å². The molecule has 0 saturated heterocycles. The van der Waals surface area contributed by atoms with Crippen LogP contribution in [0, 0.1) is 0 Å². The van der Waals surface area contributed by atoms with Gasteiger partial charge >= 0.3 is 0 Å². The van der Waals surface area contributed by atoms with Crippen molar-refractivity contribution >= 4 is 64.8 Å². The van der Waals surface area contributed by atoms with Gasteiger partial charge in [0.25, 0.3) is 5.91 Å².